The smallest absolute Gasteiger partial charge is 0.335 e. The minimum Gasteiger partial charge on any atom is -0.478 e. The zero-order valence-corrected chi connectivity index (χ0v) is 18.4. The molecular formula is C22H12ClN3O7S. The van der Waals surface area contributed by atoms with E-state index < -0.39 is 22.7 Å². The average Bonchev–Trinajstić information content (AvgIpc) is 3.25. The Labute approximate surface area is 201 Å². The van der Waals surface area contributed by atoms with E-state index in [-0.39, 0.29) is 44.2 Å². The van der Waals surface area contributed by atoms with Crippen molar-refractivity contribution >= 4 is 64.2 Å². The molecule has 0 radical (unpaired) electrons. The summed E-state index contributed by atoms with van der Waals surface area (Å²) in [5, 5.41) is 22.4. The summed E-state index contributed by atoms with van der Waals surface area (Å²) in [4.78, 5) is 48.2. The zero-order chi connectivity index (χ0) is 24.6. The number of aromatic carboxylic acids is 1. The van der Waals surface area contributed by atoms with Gasteiger partial charge in [0.2, 0.25) is 0 Å². The van der Waals surface area contributed by atoms with E-state index in [4.69, 9.17) is 28.2 Å². The van der Waals surface area contributed by atoms with E-state index in [9.17, 15) is 29.6 Å². The molecule has 1 saturated heterocycles. The van der Waals surface area contributed by atoms with Crippen molar-refractivity contribution in [3.63, 3.8) is 0 Å². The Morgan fingerprint density at radius 1 is 1.18 bits per heavy atom. The molecule has 3 aromatic rings. The first-order chi connectivity index (χ1) is 16.2. The van der Waals surface area contributed by atoms with Crippen molar-refractivity contribution in [1.29, 1.82) is 0 Å². The number of nitro benzene ring substituents is 1. The molecule has 34 heavy (non-hydrogen) atoms. The SMILES string of the molecule is O=C1NC(=S)N(c2cccc(C(=O)O)c2)C(=O)C1=Cc1ccc(-c2ccc([N+](=O)[O-])cc2Cl)o1. The Morgan fingerprint density at radius 2 is 1.94 bits per heavy atom. The number of furan rings is 1. The predicted molar refractivity (Wildman–Crippen MR) is 125 cm³/mol. The van der Waals surface area contributed by atoms with Crippen LogP contribution < -0.4 is 10.2 Å². The second-order valence-electron chi connectivity index (χ2n) is 6.94. The van der Waals surface area contributed by atoms with Gasteiger partial charge in [0, 0.05) is 17.7 Å². The van der Waals surface area contributed by atoms with Crippen LogP contribution in [0.25, 0.3) is 17.4 Å². The van der Waals surface area contributed by atoms with Gasteiger partial charge >= 0.3 is 5.97 Å². The molecule has 0 unspecified atom stereocenters. The highest BCUT2D eigenvalue weighted by atomic mass is 35.5. The number of rotatable bonds is 5. The molecule has 0 saturated carbocycles. The summed E-state index contributed by atoms with van der Waals surface area (Å²) in [5.41, 5.74) is -0.00502. The summed E-state index contributed by atoms with van der Waals surface area (Å²) in [6.07, 6.45) is 1.20. The maximum Gasteiger partial charge on any atom is 0.335 e. The van der Waals surface area contributed by atoms with Gasteiger partial charge in [-0.3, -0.25) is 29.9 Å². The molecule has 2 heterocycles. The van der Waals surface area contributed by atoms with Crippen LogP contribution in [0.15, 0.2) is 64.6 Å². The molecule has 0 bridgehead atoms. The van der Waals surface area contributed by atoms with Crippen LogP contribution >= 0.6 is 23.8 Å². The lowest BCUT2D eigenvalue weighted by Crippen LogP contribution is -2.54. The molecule has 1 aliphatic rings. The number of nitrogens with zero attached hydrogens (tertiary/aromatic N) is 2. The molecule has 1 fully saturated rings. The second kappa shape index (κ2) is 8.89. The van der Waals surface area contributed by atoms with Gasteiger partial charge < -0.3 is 9.52 Å². The first-order valence-electron chi connectivity index (χ1n) is 9.44. The maximum atomic E-state index is 13.1. The Morgan fingerprint density at radius 3 is 2.62 bits per heavy atom. The van der Waals surface area contributed by atoms with Crippen molar-refractivity contribution in [2.24, 2.45) is 0 Å². The molecule has 2 amide bonds. The van der Waals surface area contributed by atoms with Crippen LogP contribution in [0.1, 0.15) is 16.1 Å². The largest absolute Gasteiger partial charge is 0.478 e. The number of carboxylic acids is 1. The molecule has 1 aliphatic heterocycles. The van der Waals surface area contributed by atoms with Gasteiger partial charge in [-0.1, -0.05) is 17.7 Å². The van der Waals surface area contributed by atoms with Crippen LogP contribution in [-0.2, 0) is 9.59 Å². The van der Waals surface area contributed by atoms with Crippen molar-refractivity contribution in [2.75, 3.05) is 4.90 Å². The lowest BCUT2D eigenvalue weighted by atomic mass is 10.1. The van der Waals surface area contributed by atoms with Crippen LogP contribution in [-0.4, -0.2) is 32.9 Å². The van der Waals surface area contributed by atoms with E-state index in [2.05, 4.69) is 5.32 Å². The monoisotopic (exact) mass is 497 g/mol. The third kappa shape index (κ3) is 4.29. The number of halogens is 1. The van der Waals surface area contributed by atoms with E-state index in [0.29, 0.717) is 5.56 Å². The first-order valence-corrected chi connectivity index (χ1v) is 10.2. The lowest BCUT2D eigenvalue weighted by Gasteiger charge is -2.28. The van der Waals surface area contributed by atoms with Crippen molar-refractivity contribution in [3.05, 3.63) is 86.6 Å². The molecule has 2 aromatic carbocycles. The van der Waals surface area contributed by atoms with Crippen molar-refractivity contribution in [3.8, 4) is 11.3 Å². The number of thiocarbonyl (C=S) groups is 1. The van der Waals surface area contributed by atoms with Crippen molar-refractivity contribution in [1.82, 2.24) is 5.32 Å². The van der Waals surface area contributed by atoms with Gasteiger partial charge in [0.25, 0.3) is 17.5 Å². The molecule has 170 valence electrons. The number of amides is 2. The van der Waals surface area contributed by atoms with Gasteiger partial charge in [-0.2, -0.15) is 0 Å². The zero-order valence-electron chi connectivity index (χ0n) is 16.9. The summed E-state index contributed by atoms with van der Waals surface area (Å²) in [6, 6.07) is 12.4. The molecule has 4 rings (SSSR count). The van der Waals surface area contributed by atoms with Crippen LogP contribution in [0.3, 0.4) is 0 Å². The minimum absolute atomic E-state index is 0.0637. The number of non-ortho nitro benzene ring substituents is 1. The molecule has 0 atom stereocenters. The normalized spacial score (nSPS) is 14.9. The van der Waals surface area contributed by atoms with E-state index in [0.717, 1.165) is 4.90 Å². The molecular weight excluding hydrogens is 486 g/mol. The number of carbonyl (C=O) groups is 3. The number of carboxylic acid groups (broad SMARTS) is 1. The summed E-state index contributed by atoms with van der Waals surface area (Å²) in [6.45, 7) is 0. The second-order valence-corrected chi connectivity index (χ2v) is 7.73. The highest BCUT2D eigenvalue weighted by molar-refractivity contribution is 7.80. The van der Waals surface area contributed by atoms with Crippen molar-refractivity contribution in [2.45, 2.75) is 0 Å². The van der Waals surface area contributed by atoms with Gasteiger partial charge in [-0.25, -0.2) is 4.79 Å². The molecule has 0 aliphatic carbocycles. The number of nitrogens with one attached hydrogen (secondary N) is 1. The van der Waals surface area contributed by atoms with Crippen LogP contribution in [0.5, 0.6) is 0 Å². The minimum atomic E-state index is -1.19. The topological polar surface area (TPSA) is 143 Å². The van der Waals surface area contributed by atoms with E-state index in [1.807, 2.05) is 0 Å². The quantitative estimate of drug-likeness (QED) is 0.177. The van der Waals surface area contributed by atoms with E-state index >= 15 is 0 Å². The van der Waals surface area contributed by atoms with Gasteiger partial charge in [-0.15, -0.1) is 0 Å². The van der Waals surface area contributed by atoms with E-state index in [1.165, 1.54) is 60.7 Å². The third-order valence-corrected chi connectivity index (χ3v) is 5.39. The highest BCUT2D eigenvalue weighted by Gasteiger charge is 2.35. The fourth-order valence-corrected chi connectivity index (χ4v) is 3.75. The molecule has 1 aromatic heterocycles. The molecule has 2 N–H and O–H groups in total. The third-order valence-electron chi connectivity index (χ3n) is 4.80. The standard InChI is InChI=1S/C22H12ClN3O7S/c23-17-9-13(26(31)32)4-6-15(17)18-7-5-14(33-18)10-16-19(27)24-22(34)25(20(16)28)12-3-1-2-11(8-12)21(29)30/h1-10H,(H,29,30)(H,24,27,34). The highest BCUT2D eigenvalue weighted by Crippen LogP contribution is 2.33. The van der Waals surface area contributed by atoms with Gasteiger partial charge in [0.05, 0.1) is 21.2 Å². The summed E-state index contributed by atoms with van der Waals surface area (Å²) >= 11 is 11.2. The van der Waals surface area contributed by atoms with Gasteiger partial charge in [0.1, 0.15) is 17.1 Å². The average molecular weight is 498 g/mol. The molecule has 10 nitrogen and oxygen atoms in total. The number of anilines is 1. The maximum absolute atomic E-state index is 13.1. The number of hydrogen-bond donors (Lipinski definition) is 2. The van der Waals surface area contributed by atoms with Gasteiger partial charge in [0.15, 0.2) is 5.11 Å². The fraction of sp³-hybridized carbons (Fsp3) is 0. The van der Waals surface area contributed by atoms with Crippen LogP contribution in [0.2, 0.25) is 5.02 Å². The Balaban J connectivity index is 1.67. The Bertz CT molecular complexity index is 1430. The fourth-order valence-electron chi connectivity index (χ4n) is 3.20. The number of nitro groups is 1. The molecule has 12 heteroatoms. The first kappa shape index (κ1) is 22.8. The van der Waals surface area contributed by atoms with Crippen LogP contribution in [0.4, 0.5) is 11.4 Å². The number of benzene rings is 2. The Kier molecular flexibility index (Phi) is 5.97. The van der Waals surface area contributed by atoms with Crippen LogP contribution in [0, 0.1) is 10.1 Å². The lowest BCUT2D eigenvalue weighted by molar-refractivity contribution is -0.384. The predicted octanol–water partition coefficient (Wildman–Crippen LogP) is 4.04. The van der Waals surface area contributed by atoms with Crippen molar-refractivity contribution < 1.29 is 28.8 Å². The molecule has 0 spiro atoms. The number of hydrogen-bond acceptors (Lipinski definition) is 7. The number of carbonyl (C=O) groups excluding carboxylic acids is 2. The van der Waals surface area contributed by atoms with E-state index in [1.54, 1.807) is 0 Å². The summed E-state index contributed by atoms with van der Waals surface area (Å²) < 4.78 is 5.68. The summed E-state index contributed by atoms with van der Waals surface area (Å²) in [7, 11) is 0. The summed E-state index contributed by atoms with van der Waals surface area (Å²) in [5.74, 6) is -2.33. The van der Waals surface area contributed by atoms with Gasteiger partial charge in [-0.05, 0) is 54.7 Å². The Hall–Kier alpha value is -4.35.